The normalized spacial score (nSPS) is 34.1. The van der Waals surface area contributed by atoms with Gasteiger partial charge in [-0.15, -0.1) is 12.4 Å². The summed E-state index contributed by atoms with van der Waals surface area (Å²) in [5, 5.41) is 3.43. The summed E-state index contributed by atoms with van der Waals surface area (Å²) in [6.07, 6.45) is 5.64. The molecule has 1 heterocycles. The summed E-state index contributed by atoms with van der Waals surface area (Å²) < 4.78 is 4.71. The molecule has 2 rings (SSSR count). The minimum absolute atomic E-state index is 0. The van der Waals surface area contributed by atoms with Crippen molar-refractivity contribution in [2.75, 3.05) is 20.2 Å². The lowest BCUT2D eigenvalue weighted by molar-refractivity contribution is -0.141. The molecule has 1 spiro atoms. The standard InChI is InChI=1S/C11H19NO2.ClH/c1-14-10(13)6-9-2-3-11(7-9)4-5-12-8-11;/h9,12H,2-8H2,1H3;1H. The van der Waals surface area contributed by atoms with E-state index in [4.69, 9.17) is 4.74 Å². The number of hydrogen-bond acceptors (Lipinski definition) is 3. The summed E-state index contributed by atoms with van der Waals surface area (Å²) in [5.41, 5.74) is 0.526. The fraction of sp³-hybridized carbons (Fsp3) is 0.909. The van der Waals surface area contributed by atoms with Gasteiger partial charge >= 0.3 is 5.97 Å². The molecule has 0 amide bonds. The van der Waals surface area contributed by atoms with Gasteiger partial charge in [-0.25, -0.2) is 0 Å². The maximum Gasteiger partial charge on any atom is 0.305 e. The van der Waals surface area contributed by atoms with Crippen molar-refractivity contribution in [1.82, 2.24) is 5.32 Å². The van der Waals surface area contributed by atoms with Gasteiger partial charge in [0.2, 0.25) is 0 Å². The quantitative estimate of drug-likeness (QED) is 0.739. The summed E-state index contributed by atoms with van der Waals surface area (Å²) in [5.74, 6) is 0.528. The zero-order chi connectivity index (χ0) is 10.0. The highest BCUT2D eigenvalue weighted by Crippen LogP contribution is 2.46. The molecule has 1 aliphatic heterocycles. The Morgan fingerprint density at radius 2 is 2.33 bits per heavy atom. The Hall–Kier alpha value is -0.280. The van der Waals surface area contributed by atoms with Crippen molar-refractivity contribution in [3.05, 3.63) is 0 Å². The van der Waals surface area contributed by atoms with E-state index in [2.05, 4.69) is 5.32 Å². The van der Waals surface area contributed by atoms with Gasteiger partial charge < -0.3 is 10.1 Å². The van der Waals surface area contributed by atoms with Gasteiger partial charge in [-0.3, -0.25) is 4.79 Å². The first-order valence-corrected chi connectivity index (χ1v) is 5.52. The SMILES string of the molecule is COC(=O)CC1CCC2(CCNC2)C1.Cl. The maximum atomic E-state index is 11.1. The first kappa shape index (κ1) is 12.8. The van der Waals surface area contributed by atoms with E-state index in [9.17, 15) is 4.79 Å². The second-order valence-corrected chi connectivity index (χ2v) is 4.82. The zero-order valence-electron chi connectivity index (χ0n) is 9.25. The van der Waals surface area contributed by atoms with Crippen LogP contribution in [0, 0.1) is 11.3 Å². The predicted octanol–water partition coefficient (Wildman–Crippen LogP) is 1.75. The first-order chi connectivity index (χ1) is 6.74. The van der Waals surface area contributed by atoms with Gasteiger partial charge in [0, 0.05) is 13.0 Å². The Balaban J connectivity index is 0.00000112. The Kier molecular flexibility index (Phi) is 4.41. The number of methoxy groups -OCH3 is 1. The molecule has 2 atom stereocenters. The number of carbonyl (C=O) groups excluding carboxylic acids is 1. The number of carbonyl (C=O) groups is 1. The molecule has 0 radical (unpaired) electrons. The average Bonchev–Trinajstić information content (AvgIpc) is 2.78. The van der Waals surface area contributed by atoms with Crippen LogP contribution in [-0.4, -0.2) is 26.2 Å². The van der Waals surface area contributed by atoms with Crippen molar-refractivity contribution >= 4 is 18.4 Å². The lowest BCUT2D eigenvalue weighted by atomic mass is 9.84. The molecule has 4 heteroatoms. The molecule has 88 valence electrons. The fourth-order valence-corrected chi connectivity index (χ4v) is 3.00. The molecule has 0 aromatic carbocycles. The van der Waals surface area contributed by atoms with Crippen LogP contribution in [0.2, 0.25) is 0 Å². The summed E-state index contributed by atoms with van der Waals surface area (Å²) in [4.78, 5) is 11.1. The lowest BCUT2D eigenvalue weighted by Crippen LogP contribution is -2.20. The number of rotatable bonds is 2. The molecule has 3 nitrogen and oxygen atoms in total. The van der Waals surface area contributed by atoms with Crippen LogP contribution in [0.25, 0.3) is 0 Å². The van der Waals surface area contributed by atoms with E-state index in [1.54, 1.807) is 0 Å². The maximum absolute atomic E-state index is 11.1. The van der Waals surface area contributed by atoms with Crippen LogP contribution in [0.4, 0.5) is 0 Å². The molecular formula is C11H20ClNO2. The topological polar surface area (TPSA) is 38.3 Å². The molecular weight excluding hydrogens is 214 g/mol. The van der Waals surface area contributed by atoms with Gasteiger partial charge in [0.25, 0.3) is 0 Å². The molecule has 2 fully saturated rings. The second kappa shape index (κ2) is 5.17. The smallest absolute Gasteiger partial charge is 0.305 e. The Morgan fingerprint density at radius 3 is 2.93 bits per heavy atom. The van der Waals surface area contributed by atoms with E-state index >= 15 is 0 Å². The number of esters is 1. The summed E-state index contributed by atoms with van der Waals surface area (Å²) >= 11 is 0. The van der Waals surface area contributed by atoms with Crippen LogP contribution in [0.3, 0.4) is 0 Å². The molecule has 1 saturated heterocycles. The van der Waals surface area contributed by atoms with Crippen molar-refractivity contribution in [2.45, 2.75) is 32.1 Å². The minimum atomic E-state index is -0.0435. The monoisotopic (exact) mass is 233 g/mol. The van der Waals surface area contributed by atoms with Crippen molar-refractivity contribution < 1.29 is 9.53 Å². The minimum Gasteiger partial charge on any atom is -0.469 e. The Morgan fingerprint density at radius 1 is 1.53 bits per heavy atom. The summed E-state index contributed by atoms with van der Waals surface area (Å²) in [6.45, 7) is 2.32. The van der Waals surface area contributed by atoms with Crippen molar-refractivity contribution in [1.29, 1.82) is 0 Å². The fourth-order valence-electron chi connectivity index (χ4n) is 3.00. The zero-order valence-corrected chi connectivity index (χ0v) is 10.1. The van der Waals surface area contributed by atoms with Crippen LogP contribution in [0.1, 0.15) is 32.1 Å². The average molecular weight is 234 g/mol. The van der Waals surface area contributed by atoms with E-state index in [-0.39, 0.29) is 18.4 Å². The number of nitrogens with one attached hydrogen (secondary N) is 1. The highest BCUT2D eigenvalue weighted by molar-refractivity contribution is 5.85. The highest BCUT2D eigenvalue weighted by atomic mass is 35.5. The molecule has 1 N–H and O–H groups in total. The molecule has 0 aromatic rings. The lowest BCUT2D eigenvalue weighted by Gasteiger charge is -2.21. The van der Waals surface area contributed by atoms with Crippen LogP contribution in [-0.2, 0) is 9.53 Å². The number of hydrogen-bond donors (Lipinski definition) is 1. The van der Waals surface area contributed by atoms with Crippen molar-refractivity contribution in [3.8, 4) is 0 Å². The van der Waals surface area contributed by atoms with Gasteiger partial charge in [0.05, 0.1) is 7.11 Å². The second-order valence-electron chi connectivity index (χ2n) is 4.82. The van der Waals surface area contributed by atoms with Gasteiger partial charge in [-0.1, -0.05) is 0 Å². The third-order valence-electron chi connectivity index (χ3n) is 3.82. The highest BCUT2D eigenvalue weighted by Gasteiger charge is 2.41. The largest absolute Gasteiger partial charge is 0.469 e. The summed E-state index contributed by atoms with van der Waals surface area (Å²) in [6, 6.07) is 0. The van der Waals surface area contributed by atoms with Gasteiger partial charge in [-0.05, 0) is 43.6 Å². The molecule has 2 unspecified atom stereocenters. The van der Waals surface area contributed by atoms with Crippen molar-refractivity contribution in [3.63, 3.8) is 0 Å². The molecule has 0 bridgehead atoms. The van der Waals surface area contributed by atoms with Gasteiger partial charge in [0.1, 0.15) is 0 Å². The third-order valence-corrected chi connectivity index (χ3v) is 3.82. The predicted molar refractivity (Wildman–Crippen MR) is 61.1 cm³/mol. The van der Waals surface area contributed by atoms with Crippen LogP contribution >= 0.6 is 12.4 Å². The molecule has 0 aromatic heterocycles. The van der Waals surface area contributed by atoms with E-state index in [0.29, 0.717) is 17.8 Å². The van der Waals surface area contributed by atoms with E-state index < -0.39 is 0 Å². The van der Waals surface area contributed by atoms with Crippen LogP contribution < -0.4 is 5.32 Å². The van der Waals surface area contributed by atoms with Gasteiger partial charge in [-0.2, -0.15) is 0 Å². The molecule has 1 aliphatic carbocycles. The Labute approximate surface area is 97.4 Å². The van der Waals surface area contributed by atoms with E-state index in [1.807, 2.05) is 0 Å². The van der Waals surface area contributed by atoms with Crippen molar-refractivity contribution in [2.24, 2.45) is 11.3 Å². The van der Waals surface area contributed by atoms with Gasteiger partial charge in [0.15, 0.2) is 0 Å². The number of halogens is 1. The molecule has 2 aliphatic rings. The van der Waals surface area contributed by atoms with Crippen LogP contribution in [0.15, 0.2) is 0 Å². The Bertz CT molecular complexity index is 227. The van der Waals surface area contributed by atoms with E-state index in [0.717, 1.165) is 13.1 Å². The van der Waals surface area contributed by atoms with E-state index in [1.165, 1.54) is 32.8 Å². The first-order valence-electron chi connectivity index (χ1n) is 5.52. The van der Waals surface area contributed by atoms with Crippen LogP contribution in [0.5, 0.6) is 0 Å². The molecule has 1 saturated carbocycles. The molecule has 15 heavy (non-hydrogen) atoms. The number of ether oxygens (including phenoxy) is 1. The summed E-state index contributed by atoms with van der Waals surface area (Å²) in [7, 11) is 1.48. The third kappa shape index (κ3) is 2.85.